The van der Waals surface area contributed by atoms with Gasteiger partial charge in [0, 0.05) is 31.7 Å². The summed E-state index contributed by atoms with van der Waals surface area (Å²) in [5.74, 6) is -0.307. The van der Waals surface area contributed by atoms with Crippen molar-refractivity contribution in [1.29, 1.82) is 0 Å². The minimum absolute atomic E-state index is 0.262. The van der Waals surface area contributed by atoms with Crippen molar-refractivity contribution < 1.29 is 24.2 Å². The van der Waals surface area contributed by atoms with Gasteiger partial charge >= 0.3 is 12.1 Å². The normalized spacial score (nSPS) is 14.6. The SMILES string of the molecule is CCN(CCN(C)CC(O)c1ccc2c(c1C)COC2=O)C(=O)OC(C)(C)C. The van der Waals surface area contributed by atoms with Crippen LogP contribution in [0.5, 0.6) is 0 Å². The van der Waals surface area contributed by atoms with Crippen LogP contribution >= 0.6 is 0 Å². The number of aliphatic hydroxyl groups is 1. The first-order valence-corrected chi connectivity index (χ1v) is 9.67. The van der Waals surface area contributed by atoms with E-state index in [1.54, 1.807) is 17.0 Å². The van der Waals surface area contributed by atoms with Crippen LogP contribution in [0.4, 0.5) is 4.79 Å². The highest BCUT2D eigenvalue weighted by atomic mass is 16.6. The lowest BCUT2D eigenvalue weighted by Gasteiger charge is -2.29. The number of carbonyl (C=O) groups excluding carboxylic acids is 2. The van der Waals surface area contributed by atoms with Crippen LogP contribution in [0.3, 0.4) is 0 Å². The van der Waals surface area contributed by atoms with Crippen molar-refractivity contribution in [2.45, 2.75) is 52.9 Å². The number of hydrogen-bond donors (Lipinski definition) is 1. The van der Waals surface area contributed by atoms with E-state index in [1.165, 1.54) is 0 Å². The molecule has 7 nitrogen and oxygen atoms in total. The molecule has 1 aliphatic rings. The maximum atomic E-state index is 12.2. The van der Waals surface area contributed by atoms with Crippen LogP contribution in [-0.4, -0.2) is 65.8 Å². The third-order valence-electron chi connectivity index (χ3n) is 4.84. The number of hydrogen-bond acceptors (Lipinski definition) is 6. The summed E-state index contributed by atoms with van der Waals surface area (Å²) in [5, 5.41) is 10.7. The van der Waals surface area contributed by atoms with Crippen molar-refractivity contribution in [2.24, 2.45) is 0 Å². The molecular weight excluding hydrogens is 360 g/mol. The molecule has 1 N–H and O–H groups in total. The zero-order valence-corrected chi connectivity index (χ0v) is 17.7. The van der Waals surface area contributed by atoms with Gasteiger partial charge in [-0.3, -0.25) is 0 Å². The number of fused-ring (bicyclic) bond motifs is 1. The molecule has 1 aromatic rings. The first-order chi connectivity index (χ1) is 13.0. The molecule has 1 amide bonds. The lowest BCUT2D eigenvalue weighted by atomic mass is 9.95. The lowest BCUT2D eigenvalue weighted by Crippen LogP contribution is -2.41. The number of rotatable bonds is 7. The predicted octanol–water partition coefficient (Wildman–Crippen LogP) is 2.89. The van der Waals surface area contributed by atoms with E-state index in [-0.39, 0.29) is 18.7 Å². The smallest absolute Gasteiger partial charge is 0.410 e. The Morgan fingerprint density at radius 2 is 2.00 bits per heavy atom. The summed E-state index contributed by atoms with van der Waals surface area (Å²) >= 11 is 0. The second-order valence-corrected chi connectivity index (χ2v) is 8.22. The maximum Gasteiger partial charge on any atom is 0.410 e. The highest BCUT2D eigenvalue weighted by Gasteiger charge is 2.26. The molecule has 0 spiro atoms. The number of ether oxygens (including phenoxy) is 2. The molecule has 0 aliphatic carbocycles. The average Bonchev–Trinajstić information content (AvgIpc) is 2.96. The molecule has 1 heterocycles. The molecule has 0 bridgehead atoms. The quantitative estimate of drug-likeness (QED) is 0.719. The van der Waals surface area contributed by atoms with Gasteiger partial charge in [0.05, 0.1) is 11.7 Å². The summed E-state index contributed by atoms with van der Waals surface area (Å²) < 4.78 is 10.5. The molecule has 0 saturated heterocycles. The van der Waals surface area contributed by atoms with Gasteiger partial charge in [-0.15, -0.1) is 0 Å². The molecule has 0 aromatic heterocycles. The first-order valence-electron chi connectivity index (χ1n) is 9.67. The number of nitrogens with zero attached hydrogens (tertiary/aromatic N) is 2. The van der Waals surface area contributed by atoms with Gasteiger partial charge in [-0.1, -0.05) is 6.07 Å². The van der Waals surface area contributed by atoms with Crippen molar-refractivity contribution in [3.05, 3.63) is 34.4 Å². The number of esters is 1. The molecule has 1 aliphatic heterocycles. The summed E-state index contributed by atoms with van der Waals surface area (Å²) in [5.41, 5.74) is 2.60. The van der Waals surface area contributed by atoms with E-state index in [9.17, 15) is 14.7 Å². The fraction of sp³-hybridized carbons (Fsp3) is 0.619. The van der Waals surface area contributed by atoms with Crippen LogP contribution in [0.1, 0.15) is 60.8 Å². The molecule has 0 fully saturated rings. The second kappa shape index (κ2) is 8.92. The number of aliphatic hydroxyl groups excluding tert-OH is 1. The van der Waals surface area contributed by atoms with Gasteiger partial charge in [0.2, 0.25) is 0 Å². The van der Waals surface area contributed by atoms with E-state index in [2.05, 4.69) is 0 Å². The Hall–Kier alpha value is -2.12. The highest BCUT2D eigenvalue weighted by molar-refractivity contribution is 5.93. The van der Waals surface area contributed by atoms with Crippen molar-refractivity contribution >= 4 is 12.1 Å². The average molecular weight is 392 g/mol. The summed E-state index contributed by atoms with van der Waals surface area (Å²) in [6, 6.07) is 3.51. The van der Waals surface area contributed by atoms with Crippen LogP contribution in [0.25, 0.3) is 0 Å². The fourth-order valence-electron chi connectivity index (χ4n) is 3.21. The van der Waals surface area contributed by atoms with E-state index in [1.807, 2.05) is 46.6 Å². The van der Waals surface area contributed by atoms with Gasteiger partial charge in [0.1, 0.15) is 12.2 Å². The Morgan fingerprint density at radius 1 is 1.32 bits per heavy atom. The number of benzene rings is 1. The third kappa shape index (κ3) is 5.45. The largest absolute Gasteiger partial charge is 0.457 e. The Labute approximate surface area is 167 Å². The molecule has 0 radical (unpaired) electrons. The van der Waals surface area contributed by atoms with Gasteiger partial charge in [-0.25, -0.2) is 9.59 Å². The van der Waals surface area contributed by atoms with Crippen LogP contribution in [-0.2, 0) is 16.1 Å². The molecular formula is C21H32N2O5. The first kappa shape index (κ1) is 22.2. The second-order valence-electron chi connectivity index (χ2n) is 8.22. The minimum atomic E-state index is -0.692. The zero-order valence-electron chi connectivity index (χ0n) is 17.7. The van der Waals surface area contributed by atoms with Crippen molar-refractivity contribution in [1.82, 2.24) is 9.80 Å². The fourth-order valence-corrected chi connectivity index (χ4v) is 3.21. The number of cyclic esters (lactones) is 1. The molecule has 1 atom stereocenters. The van der Waals surface area contributed by atoms with Gasteiger partial charge in [-0.05, 0) is 58.9 Å². The van der Waals surface area contributed by atoms with Crippen molar-refractivity contribution in [3.63, 3.8) is 0 Å². The van der Waals surface area contributed by atoms with E-state index >= 15 is 0 Å². The van der Waals surface area contributed by atoms with Gasteiger partial charge in [0.25, 0.3) is 0 Å². The molecule has 0 saturated carbocycles. The van der Waals surface area contributed by atoms with Gasteiger partial charge < -0.3 is 24.4 Å². The van der Waals surface area contributed by atoms with Crippen LogP contribution in [0.15, 0.2) is 12.1 Å². The van der Waals surface area contributed by atoms with E-state index < -0.39 is 11.7 Å². The van der Waals surface area contributed by atoms with Crippen LogP contribution < -0.4 is 0 Å². The maximum absolute atomic E-state index is 12.2. The molecule has 156 valence electrons. The number of amides is 1. The zero-order chi connectivity index (χ0) is 21.1. The summed E-state index contributed by atoms with van der Waals surface area (Å²) in [6.07, 6.45) is -1.02. The molecule has 1 aromatic carbocycles. The van der Waals surface area contributed by atoms with Gasteiger partial charge in [-0.2, -0.15) is 0 Å². The third-order valence-corrected chi connectivity index (χ3v) is 4.84. The minimum Gasteiger partial charge on any atom is -0.457 e. The summed E-state index contributed by atoms with van der Waals surface area (Å²) in [4.78, 5) is 27.5. The van der Waals surface area contributed by atoms with Crippen molar-refractivity contribution in [3.8, 4) is 0 Å². The summed E-state index contributed by atoms with van der Waals surface area (Å²) in [7, 11) is 1.90. The number of likely N-dealkylation sites (N-methyl/N-ethyl adjacent to an activating group) is 2. The highest BCUT2D eigenvalue weighted by Crippen LogP contribution is 2.29. The Bertz CT molecular complexity index is 726. The topological polar surface area (TPSA) is 79.3 Å². The van der Waals surface area contributed by atoms with Crippen LogP contribution in [0.2, 0.25) is 0 Å². The van der Waals surface area contributed by atoms with Gasteiger partial charge in [0.15, 0.2) is 0 Å². The predicted molar refractivity (Wildman–Crippen MR) is 106 cm³/mol. The van der Waals surface area contributed by atoms with Crippen molar-refractivity contribution in [2.75, 3.05) is 33.2 Å². The number of carbonyl (C=O) groups is 2. The molecule has 2 rings (SSSR count). The Kier molecular flexibility index (Phi) is 7.06. The summed E-state index contributed by atoms with van der Waals surface area (Å²) in [6.45, 7) is 11.7. The lowest BCUT2D eigenvalue weighted by molar-refractivity contribution is 0.0239. The van der Waals surface area contributed by atoms with Crippen LogP contribution in [0, 0.1) is 6.92 Å². The van der Waals surface area contributed by atoms with E-state index in [4.69, 9.17) is 9.47 Å². The standard InChI is InChI=1S/C21H32N2O5/c1-7-23(20(26)28-21(3,4)5)11-10-22(6)12-18(24)15-8-9-16-17(14(15)2)13-27-19(16)25/h8-9,18,24H,7,10-13H2,1-6H3. The molecule has 7 heteroatoms. The molecule has 28 heavy (non-hydrogen) atoms. The monoisotopic (exact) mass is 392 g/mol. The molecule has 1 unspecified atom stereocenters. The Balaban J connectivity index is 1.93. The Morgan fingerprint density at radius 3 is 2.61 bits per heavy atom. The van der Waals surface area contributed by atoms with E-state index in [0.717, 1.165) is 16.7 Å². The van der Waals surface area contributed by atoms with E-state index in [0.29, 0.717) is 31.7 Å².